The molecule has 3 heterocycles. The second-order valence-corrected chi connectivity index (χ2v) is 9.32. The molecule has 3 aromatic heterocycles. The Hall–Kier alpha value is -2.52. The molecular weight excluding hydrogens is 384 g/mol. The van der Waals surface area contributed by atoms with E-state index in [9.17, 15) is 14.4 Å². The molecule has 0 saturated heterocycles. The van der Waals surface area contributed by atoms with Crippen molar-refractivity contribution in [2.45, 2.75) is 39.8 Å². The summed E-state index contributed by atoms with van der Waals surface area (Å²) in [6.07, 6.45) is 1.34. The highest BCUT2D eigenvalue weighted by atomic mass is 32.1. The third-order valence-electron chi connectivity index (χ3n) is 3.62. The molecule has 7 nitrogen and oxygen atoms in total. The number of imide groups is 1. The number of hydrogen-bond acceptors (Lipinski definition) is 6. The molecule has 142 valence electrons. The molecule has 0 aliphatic rings. The second-order valence-electron chi connectivity index (χ2n) is 7.17. The highest BCUT2D eigenvalue weighted by molar-refractivity contribution is 7.19. The first kappa shape index (κ1) is 19.2. The number of nitrogens with zero attached hydrogens (tertiary/aromatic N) is 2. The number of hydrogen-bond donors (Lipinski definition) is 2. The van der Waals surface area contributed by atoms with Gasteiger partial charge in [-0.25, -0.2) is 9.78 Å². The number of amides is 3. The molecule has 0 saturated carbocycles. The van der Waals surface area contributed by atoms with E-state index < -0.39 is 17.5 Å². The Labute approximate surface area is 164 Å². The molecule has 2 N–H and O–H groups in total. The second kappa shape index (κ2) is 7.24. The molecule has 0 aliphatic carbocycles. The Balaban J connectivity index is 1.86. The van der Waals surface area contributed by atoms with Crippen LogP contribution in [0.25, 0.3) is 20.7 Å². The van der Waals surface area contributed by atoms with Crippen molar-refractivity contribution in [2.24, 2.45) is 0 Å². The van der Waals surface area contributed by atoms with Crippen LogP contribution < -0.4 is 16.2 Å². The zero-order valence-electron chi connectivity index (χ0n) is 15.5. The van der Waals surface area contributed by atoms with Crippen LogP contribution in [0.1, 0.15) is 25.6 Å². The van der Waals surface area contributed by atoms with E-state index in [1.54, 1.807) is 11.3 Å². The van der Waals surface area contributed by atoms with Gasteiger partial charge in [0, 0.05) is 26.2 Å². The molecule has 0 bridgehead atoms. The predicted octanol–water partition coefficient (Wildman–Crippen LogP) is 3.12. The van der Waals surface area contributed by atoms with E-state index in [1.807, 2.05) is 45.2 Å². The van der Waals surface area contributed by atoms with Crippen molar-refractivity contribution >= 4 is 44.8 Å². The van der Waals surface area contributed by atoms with Gasteiger partial charge < -0.3 is 5.32 Å². The predicted molar refractivity (Wildman–Crippen MR) is 108 cm³/mol. The van der Waals surface area contributed by atoms with Crippen LogP contribution in [0.3, 0.4) is 0 Å². The smallest absolute Gasteiger partial charge is 0.321 e. The van der Waals surface area contributed by atoms with Gasteiger partial charge >= 0.3 is 6.03 Å². The van der Waals surface area contributed by atoms with Crippen molar-refractivity contribution < 1.29 is 9.59 Å². The van der Waals surface area contributed by atoms with Crippen molar-refractivity contribution in [3.8, 4) is 10.4 Å². The lowest BCUT2D eigenvalue weighted by molar-refractivity contribution is -0.120. The van der Waals surface area contributed by atoms with E-state index in [0.717, 1.165) is 15.3 Å². The largest absolute Gasteiger partial charge is 0.333 e. The van der Waals surface area contributed by atoms with Crippen molar-refractivity contribution in [1.29, 1.82) is 0 Å². The minimum atomic E-state index is -0.597. The fourth-order valence-electron chi connectivity index (χ4n) is 2.53. The fourth-order valence-corrected chi connectivity index (χ4v) is 4.40. The Kier molecular flexibility index (Phi) is 5.16. The number of fused-ring (bicyclic) bond motifs is 1. The summed E-state index contributed by atoms with van der Waals surface area (Å²) in [5, 5.41) is 7.27. The van der Waals surface area contributed by atoms with Crippen LogP contribution in [-0.4, -0.2) is 27.0 Å². The van der Waals surface area contributed by atoms with Gasteiger partial charge in [0.05, 0.1) is 11.7 Å². The van der Waals surface area contributed by atoms with Crippen molar-refractivity contribution in [1.82, 2.24) is 20.2 Å². The molecule has 27 heavy (non-hydrogen) atoms. The third-order valence-corrected chi connectivity index (χ3v) is 5.54. The summed E-state index contributed by atoms with van der Waals surface area (Å²) in [6.45, 7) is 7.15. The highest BCUT2D eigenvalue weighted by Crippen LogP contribution is 2.34. The maximum atomic E-state index is 12.9. The van der Waals surface area contributed by atoms with Gasteiger partial charge in [-0.1, -0.05) is 0 Å². The number of urea groups is 1. The van der Waals surface area contributed by atoms with Gasteiger partial charge in [-0.15, -0.1) is 22.7 Å². The molecule has 9 heteroatoms. The van der Waals surface area contributed by atoms with Crippen LogP contribution in [0, 0.1) is 6.92 Å². The first-order valence-electron chi connectivity index (χ1n) is 8.29. The molecule has 3 rings (SSSR count). The Morgan fingerprint density at radius 2 is 2.00 bits per heavy atom. The number of thiophene rings is 2. The fraction of sp³-hybridized carbons (Fsp3) is 0.333. The first-order valence-corrected chi connectivity index (χ1v) is 9.99. The normalized spacial score (nSPS) is 11.6. The summed E-state index contributed by atoms with van der Waals surface area (Å²) in [6, 6.07) is 3.38. The highest BCUT2D eigenvalue weighted by Gasteiger charge is 2.18. The molecule has 0 radical (unpaired) electrons. The lowest BCUT2D eigenvalue weighted by atomic mass is 10.1. The van der Waals surface area contributed by atoms with E-state index in [4.69, 9.17) is 0 Å². The Bertz CT molecular complexity index is 1070. The minimum Gasteiger partial charge on any atom is -0.333 e. The Morgan fingerprint density at radius 1 is 1.26 bits per heavy atom. The van der Waals surface area contributed by atoms with Gasteiger partial charge in [-0.05, 0) is 39.8 Å². The summed E-state index contributed by atoms with van der Waals surface area (Å²) in [5.74, 6) is -0.580. The van der Waals surface area contributed by atoms with Gasteiger partial charge in [0.1, 0.15) is 11.4 Å². The van der Waals surface area contributed by atoms with Gasteiger partial charge in [0.15, 0.2) is 0 Å². The molecule has 0 aliphatic heterocycles. The topological polar surface area (TPSA) is 93.1 Å². The summed E-state index contributed by atoms with van der Waals surface area (Å²) in [5.41, 5.74) is 0.0611. The zero-order chi connectivity index (χ0) is 19.8. The van der Waals surface area contributed by atoms with Gasteiger partial charge in [-0.3, -0.25) is 19.5 Å². The summed E-state index contributed by atoms with van der Waals surface area (Å²) in [7, 11) is 0. The quantitative estimate of drug-likeness (QED) is 0.701. The van der Waals surface area contributed by atoms with E-state index in [-0.39, 0.29) is 12.1 Å². The van der Waals surface area contributed by atoms with E-state index in [0.29, 0.717) is 10.2 Å². The lowest BCUT2D eigenvalue weighted by Gasteiger charge is -2.20. The molecule has 3 aromatic rings. The van der Waals surface area contributed by atoms with Gasteiger partial charge in [0.2, 0.25) is 5.91 Å². The molecule has 0 atom stereocenters. The van der Waals surface area contributed by atoms with Crippen LogP contribution in [0.15, 0.2) is 28.6 Å². The molecule has 0 fully saturated rings. The number of aromatic nitrogens is 2. The summed E-state index contributed by atoms with van der Waals surface area (Å²) in [4.78, 5) is 43.9. The average molecular weight is 405 g/mol. The average Bonchev–Trinajstić information content (AvgIpc) is 3.14. The number of nitrogens with one attached hydrogen (secondary N) is 2. The molecular formula is C18H20N4O3S2. The standard InChI is InChI=1S/C18H20N4O3S2/c1-10-5-6-12(27-10)11-8-26-15-14(11)16(24)22(9-19-15)7-13(23)20-17(25)21-18(2,3)4/h5-6,8-9H,7H2,1-4H3,(H2,20,21,23,25). The van der Waals surface area contributed by atoms with Crippen LogP contribution >= 0.6 is 22.7 Å². The number of carbonyl (C=O) groups excluding carboxylic acids is 2. The Morgan fingerprint density at radius 3 is 2.63 bits per heavy atom. The van der Waals surface area contributed by atoms with Gasteiger partial charge in [-0.2, -0.15) is 0 Å². The molecule has 3 amide bonds. The summed E-state index contributed by atoms with van der Waals surface area (Å²) < 4.78 is 1.22. The SMILES string of the molecule is Cc1ccc(-c2csc3ncn(CC(=O)NC(=O)NC(C)(C)C)c(=O)c23)s1. The minimum absolute atomic E-state index is 0.280. The molecule has 0 aromatic carbocycles. The van der Waals surface area contributed by atoms with Crippen LogP contribution in [0.4, 0.5) is 4.79 Å². The van der Waals surface area contributed by atoms with Crippen LogP contribution in [-0.2, 0) is 11.3 Å². The van der Waals surface area contributed by atoms with Crippen LogP contribution in [0.2, 0.25) is 0 Å². The van der Waals surface area contributed by atoms with Crippen molar-refractivity contribution in [3.05, 3.63) is 39.1 Å². The first-order chi connectivity index (χ1) is 12.6. The maximum absolute atomic E-state index is 12.9. The number of aryl methyl sites for hydroxylation is 1. The molecule has 0 unspecified atom stereocenters. The monoisotopic (exact) mass is 404 g/mol. The van der Waals surface area contributed by atoms with Crippen LogP contribution in [0.5, 0.6) is 0 Å². The lowest BCUT2D eigenvalue weighted by Crippen LogP contribution is -2.49. The van der Waals surface area contributed by atoms with E-state index >= 15 is 0 Å². The number of rotatable bonds is 3. The zero-order valence-corrected chi connectivity index (χ0v) is 17.1. The maximum Gasteiger partial charge on any atom is 0.321 e. The number of carbonyl (C=O) groups is 2. The van der Waals surface area contributed by atoms with Crippen molar-refractivity contribution in [2.75, 3.05) is 0 Å². The molecule has 0 spiro atoms. The van der Waals surface area contributed by atoms with Crippen molar-refractivity contribution in [3.63, 3.8) is 0 Å². The van der Waals surface area contributed by atoms with Gasteiger partial charge in [0.25, 0.3) is 5.56 Å². The van der Waals surface area contributed by atoms with E-state index in [1.165, 1.54) is 22.2 Å². The summed E-state index contributed by atoms with van der Waals surface area (Å²) >= 11 is 3.00. The third kappa shape index (κ3) is 4.42. The van der Waals surface area contributed by atoms with E-state index in [2.05, 4.69) is 15.6 Å².